The molecule has 8 N–H and O–H groups in total. The van der Waals surface area contributed by atoms with Crippen LogP contribution in [0.1, 0.15) is 32.6 Å². The predicted molar refractivity (Wildman–Crippen MR) is 141 cm³/mol. The standard InChI is InChI=1S/C25H24N6O.C2HF3O2/c26-23(27)18-7-3-5-16(11-18)13-30-25(32)21-15-31(22-10-2-1-9-20(21)22)14-17-6-4-8-19(12-17)24(28)29;3-2(4,5)1(6)7/h1-12,15H,13-14H2,(H3,26,27)(H3,28,29)(H,30,32);(H,6,7). The zero-order chi connectivity index (χ0) is 28.7. The second-order valence-corrected chi connectivity index (χ2v) is 8.40. The fourth-order valence-corrected chi connectivity index (χ4v) is 3.72. The van der Waals surface area contributed by atoms with Crippen molar-refractivity contribution in [3.63, 3.8) is 0 Å². The van der Waals surface area contributed by atoms with Gasteiger partial charge in [-0.25, -0.2) is 4.79 Å². The lowest BCUT2D eigenvalue weighted by Crippen LogP contribution is -2.23. The summed E-state index contributed by atoms with van der Waals surface area (Å²) < 4.78 is 33.8. The largest absolute Gasteiger partial charge is 0.490 e. The maximum atomic E-state index is 13.0. The van der Waals surface area contributed by atoms with E-state index in [2.05, 4.69) is 5.32 Å². The SMILES string of the molecule is N=C(N)c1cccc(CNC(=O)c2cn(Cc3cccc(C(=N)N)c3)c3ccccc23)c1.O=C(O)C(F)(F)F. The summed E-state index contributed by atoms with van der Waals surface area (Å²) in [6.45, 7) is 0.885. The lowest BCUT2D eigenvalue weighted by molar-refractivity contribution is -0.192. The lowest BCUT2D eigenvalue weighted by Gasteiger charge is -2.07. The Morgan fingerprint density at radius 2 is 1.41 bits per heavy atom. The van der Waals surface area contributed by atoms with Crippen molar-refractivity contribution in [3.05, 3.63) is 107 Å². The van der Waals surface area contributed by atoms with Gasteiger partial charge in [0.15, 0.2) is 0 Å². The number of para-hydroxylation sites is 1. The van der Waals surface area contributed by atoms with E-state index in [-0.39, 0.29) is 17.6 Å². The number of nitrogens with two attached hydrogens (primary N) is 2. The number of hydrogen-bond acceptors (Lipinski definition) is 4. The minimum Gasteiger partial charge on any atom is -0.475 e. The van der Waals surface area contributed by atoms with E-state index in [1.165, 1.54) is 0 Å². The minimum atomic E-state index is -5.08. The molecule has 1 aromatic heterocycles. The third kappa shape index (κ3) is 7.44. The number of halogens is 3. The van der Waals surface area contributed by atoms with Crippen LogP contribution < -0.4 is 16.8 Å². The first kappa shape index (κ1) is 28.4. The van der Waals surface area contributed by atoms with Crippen LogP contribution in [-0.2, 0) is 17.9 Å². The first-order valence-electron chi connectivity index (χ1n) is 11.4. The Bertz CT molecular complexity index is 1550. The normalized spacial score (nSPS) is 10.8. The number of aromatic nitrogens is 1. The maximum Gasteiger partial charge on any atom is 0.490 e. The number of rotatable bonds is 7. The molecule has 0 fully saturated rings. The van der Waals surface area contributed by atoms with Gasteiger partial charge in [-0.05, 0) is 29.3 Å². The molecular formula is C27H25F3N6O3. The van der Waals surface area contributed by atoms with Crippen LogP contribution in [0.2, 0.25) is 0 Å². The molecule has 12 heteroatoms. The number of alkyl halides is 3. The van der Waals surface area contributed by atoms with Crippen molar-refractivity contribution in [3.8, 4) is 0 Å². The summed E-state index contributed by atoms with van der Waals surface area (Å²) in [7, 11) is 0. The van der Waals surface area contributed by atoms with Crippen molar-refractivity contribution in [1.29, 1.82) is 10.8 Å². The first-order chi connectivity index (χ1) is 18.4. The van der Waals surface area contributed by atoms with Crippen LogP contribution >= 0.6 is 0 Å². The smallest absolute Gasteiger partial charge is 0.475 e. The highest BCUT2D eigenvalue weighted by molar-refractivity contribution is 6.07. The van der Waals surface area contributed by atoms with Gasteiger partial charge < -0.3 is 26.5 Å². The molecule has 0 spiro atoms. The molecule has 1 heterocycles. The number of amidine groups is 2. The molecule has 0 aliphatic carbocycles. The second kappa shape index (κ2) is 11.9. The average Bonchev–Trinajstić information content (AvgIpc) is 3.26. The number of amides is 1. The van der Waals surface area contributed by atoms with Crippen LogP contribution in [0.4, 0.5) is 13.2 Å². The summed E-state index contributed by atoms with van der Waals surface area (Å²) in [6, 6.07) is 22.6. The minimum absolute atomic E-state index is 0.00455. The highest BCUT2D eigenvalue weighted by Crippen LogP contribution is 2.23. The average molecular weight is 539 g/mol. The highest BCUT2D eigenvalue weighted by atomic mass is 19.4. The number of nitrogens with zero attached hydrogens (tertiary/aromatic N) is 1. The van der Waals surface area contributed by atoms with E-state index in [1.54, 1.807) is 18.2 Å². The third-order valence-electron chi connectivity index (χ3n) is 5.56. The molecular weight excluding hydrogens is 513 g/mol. The van der Waals surface area contributed by atoms with Crippen LogP contribution in [0.15, 0.2) is 79.0 Å². The molecule has 4 rings (SSSR count). The zero-order valence-corrected chi connectivity index (χ0v) is 20.4. The number of benzene rings is 3. The molecule has 0 radical (unpaired) electrons. The molecule has 0 aliphatic rings. The fraction of sp³-hybridized carbons (Fsp3) is 0.111. The molecule has 202 valence electrons. The van der Waals surface area contributed by atoms with Gasteiger partial charge in [0.1, 0.15) is 11.7 Å². The summed E-state index contributed by atoms with van der Waals surface area (Å²) in [5.74, 6) is -2.91. The molecule has 0 saturated carbocycles. The molecule has 9 nitrogen and oxygen atoms in total. The molecule has 0 unspecified atom stereocenters. The molecule has 39 heavy (non-hydrogen) atoms. The van der Waals surface area contributed by atoms with Crippen LogP contribution in [0.25, 0.3) is 10.9 Å². The van der Waals surface area contributed by atoms with E-state index in [0.717, 1.165) is 22.0 Å². The van der Waals surface area contributed by atoms with E-state index in [9.17, 15) is 18.0 Å². The number of hydrogen-bond donors (Lipinski definition) is 6. The number of carboxylic acids is 1. The third-order valence-corrected chi connectivity index (χ3v) is 5.56. The van der Waals surface area contributed by atoms with Crippen LogP contribution in [0.3, 0.4) is 0 Å². The molecule has 4 aromatic rings. The van der Waals surface area contributed by atoms with Crippen molar-refractivity contribution in [2.24, 2.45) is 11.5 Å². The Balaban J connectivity index is 0.000000532. The monoisotopic (exact) mass is 538 g/mol. The number of carbonyl (C=O) groups is 2. The zero-order valence-electron chi connectivity index (χ0n) is 20.4. The molecule has 0 saturated heterocycles. The van der Waals surface area contributed by atoms with Gasteiger partial charge in [0, 0.05) is 41.3 Å². The Morgan fingerprint density at radius 3 is 1.97 bits per heavy atom. The number of nitrogen functional groups attached to an aromatic ring is 2. The summed E-state index contributed by atoms with van der Waals surface area (Å²) in [4.78, 5) is 21.9. The maximum absolute atomic E-state index is 13.0. The Kier molecular flexibility index (Phi) is 8.71. The van der Waals surface area contributed by atoms with Gasteiger partial charge in [-0.1, -0.05) is 54.6 Å². The van der Waals surface area contributed by atoms with Gasteiger partial charge in [0.2, 0.25) is 0 Å². The van der Waals surface area contributed by atoms with Gasteiger partial charge in [0.05, 0.1) is 5.56 Å². The van der Waals surface area contributed by atoms with Gasteiger partial charge in [-0.2, -0.15) is 13.2 Å². The van der Waals surface area contributed by atoms with E-state index >= 15 is 0 Å². The highest BCUT2D eigenvalue weighted by Gasteiger charge is 2.38. The van der Waals surface area contributed by atoms with E-state index in [1.807, 2.05) is 65.4 Å². The Labute approximate surface area is 220 Å². The van der Waals surface area contributed by atoms with E-state index < -0.39 is 12.1 Å². The van der Waals surface area contributed by atoms with E-state index in [0.29, 0.717) is 29.8 Å². The van der Waals surface area contributed by atoms with Crippen LogP contribution in [-0.4, -0.2) is 39.4 Å². The second-order valence-electron chi connectivity index (χ2n) is 8.40. The van der Waals surface area contributed by atoms with Crippen LogP contribution in [0, 0.1) is 10.8 Å². The number of carbonyl (C=O) groups excluding carboxylic acids is 1. The van der Waals surface area contributed by atoms with Gasteiger partial charge in [-0.3, -0.25) is 15.6 Å². The predicted octanol–water partition coefficient (Wildman–Crippen LogP) is 3.82. The van der Waals surface area contributed by atoms with E-state index in [4.69, 9.17) is 32.2 Å². The number of nitrogens with one attached hydrogen (secondary N) is 3. The van der Waals surface area contributed by atoms with Crippen molar-refractivity contribution in [2.75, 3.05) is 0 Å². The van der Waals surface area contributed by atoms with Gasteiger partial charge in [-0.15, -0.1) is 0 Å². The summed E-state index contributed by atoms with van der Waals surface area (Å²) in [6.07, 6.45) is -3.23. The first-order valence-corrected chi connectivity index (χ1v) is 11.4. The summed E-state index contributed by atoms with van der Waals surface area (Å²) in [5, 5.41) is 26.2. The quantitative estimate of drug-likeness (QED) is 0.155. The van der Waals surface area contributed by atoms with Crippen LogP contribution in [0.5, 0.6) is 0 Å². The number of fused-ring (bicyclic) bond motifs is 1. The Hall–Kier alpha value is -5.13. The topological polar surface area (TPSA) is 171 Å². The molecule has 1 amide bonds. The molecule has 3 aromatic carbocycles. The molecule has 0 atom stereocenters. The number of aliphatic carboxylic acids is 1. The lowest BCUT2D eigenvalue weighted by atomic mass is 10.1. The van der Waals surface area contributed by atoms with Crippen molar-refractivity contribution in [2.45, 2.75) is 19.3 Å². The van der Waals surface area contributed by atoms with Crippen molar-refractivity contribution < 1.29 is 27.9 Å². The fourth-order valence-electron chi connectivity index (χ4n) is 3.72. The summed E-state index contributed by atoms with van der Waals surface area (Å²) in [5.41, 5.74) is 15.9. The molecule has 0 aliphatic heterocycles. The van der Waals surface area contributed by atoms with Gasteiger partial charge in [0.25, 0.3) is 5.91 Å². The summed E-state index contributed by atoms with van der Waals surface area (Å²) >= 11 is 0. The van der Waals surface area contributed by atoms with Crippen molar-refractivity contribution >= 4 is 34.5 Å². The number of carboxylic acid groups (broad SMARTS) is 1. The molecule has 0 bridgehead atoms. The van der Waals surface area contributed by atoms with Gasteiger partial charge >= 0.3 is 12.1 Å². The Morgan fingerprint density at radius 1 is 0.872 bits per heavy atom. The van der Waals surface area contributed by atoms with Crippen molar-refractivity contribution in [1.82, 2.24) is 9.88 Å².